The van der Waals surface area contributed by atoms with Crippen LogP contribution in [0.25, 0.3) is 0 Å². The van der Waals surface area contributed by atoms with Crippen LogP contribution in [0.1, 0.15) is 67.3 Å². The van der Waals surface area contributed by atoms with Crippen LogP contribution in [-0.4, -0.2) is 0 Å². The number of nitrogen functional groups attached to an aromatic ring is 2. The van der Waals surface area contributed by atoms with Gasteiger partial charge in [0.05, 0.1) is 0 Å². The molecule has 4 N–H and O–H groups in total. The van der Waals surface area contributed by atoms with Crippen molar-refractivity contribution in [1.82, 2.24) is 0 Å². The maximum Gasteiger partial charge on any atom is 0.0384 e. The fraction of sp³-hybridized carbons (Fsp3) is 0.400. The zero-order valence-electron chi connectivity index (χ0n) is 14.4. The molecule has 118 valence electrons. The van der Waals surface area contributed by atoms with E-state index in [1.54, 1.807) is 0 Å². The number of rotatable bonds is 4. The SMILES string of the molecule is Cc1ccc(N)c(Cc2cc(C(C)C)c(N)c(C(C)C)c2)c1. The lowest BCUT2D eigenvalue weighted by molar-refractivity contribution is 0.834. The normalized spacial score (nSPS) is 11.4. The van der Waals surface area contributed by atoms with Crippen molar-refractivity contribution >= 4 is 11.4 Å². The van der Waals surface area contributed by atoms with E-state index in [0.717, 1.165) is 17.8 Å². The molecular formula is C20H28N2. The Labute approximate surface area is 134 Å². The predicted molar refractivity (Wildman–Crippen MR) is 97.4 cm³/mol. The van der Waals surface area contributed by atoms with E-state index in [1.165, 1.54) is 27.8 Å². The van der Waals surface area contributed by atoms with Gasteiger partial charge in [-0.25, -0.2) is 0 Å². The highest BCUT2D eigenvalue weighted by Gasteiger charge is 2.14. The first-order valence-electron chi connectivity index (χ1n) is 8.06. The van der Waals surface area contributed by atoms with E-state index >= 15 is 0 Å². The van der Waals surface area contributed by atoms with Gasteiger partial charge in [0.1, 0.15) is 0 Å². The molecule has 2 nitrogen and oxygen atoms in total. The zero-order valence-corrected chi connectivity index (χ0v) is 14.4. The molecule has 2 aromatic rings. The zero-order chi connectivity index (χ0) is 16.4. The molecular weight excluding hydrogens is 268 g/mol. The average Bonchev–Trinajstić information content (AvgIpc) is 2.44. The summed E-state index contributed by atoms with van der Waals surface area (Å²) in [6.07, 6.45) is 0.854. The topological polar surface area (TPSA) is 52.0 Å². The molecule has 0 spiro atoms. The number of hydrogen-bond donors (Lipinski definition) is 2. The van der Waals surface area contributed by atoms with Crippen LogP contribution in [0.2, 0.25) is 0 Å². The monoisotopic (exact) mass is 296 g/mol. The Morgan fingerprint density at radius 2 is 1.41 bits per heavy atom. The molecule has 0 amide bonds. The molecule has 2 aromatic carbocycles. The van der Waals surface area contributed by atoms with Gasteiger partial charge in [-0.3, -0.25) is 0 Å². The van der Waals surface area contributed by atoms with Gasteiger partial charge in [0.25, 0.3) is 0 Å². The van der Waals surface area contributed by atoms with Crippen LogP contribution in [0.5, 0.6) is 0 Å². The van der Waals surface area contributed by atoms with E-state index in [-0.39, 0.29) is 0 Å². The molecule has 0 aromatic heterocycles. The summed E-state index contributed by atoms with van der Waals surface area (Å²) >= 11 is 0. The molecule has 0 fully saturated rings. The fourth-order valence-electron chi connectivity index (χ4n) is 2.93. The first-order valence-corrected chi connectivity index (χ1v) is 8.06. The molecule has 0 bridgehead atoms. The van der Waals surface area contributed by atoms with Gasteiger partial charge >= 0.3 is 0 Å². The third-order valence-corrected chi connectivity index (χ3v) is 4.24. The minimum atomic E-state index is 0.423. The van der Waals surface area contributed by atoms with Gasteiger partial charge in [0.15, 0.2) is 0 Å². The highest BCUT2D eigenvalue weighted by Crippen LogP contribution is 2.32. The number of nitrogens with two attached hydrogens (primary N) is 2. The number of anilines is 2. The molecule has 2 heteroatoms. The lowest BCUT2D eigenvalue weighted by Crippen LogP contribution is -2.06. The summed E-state index contributed by atoms with van der Waals surface area (Å²) in [5.74, 6) is 0.847. The second-order valence-corrected chi connectivity index (χ2v) is 6.88. The van der Waals surface area contributed by atoms with Crippen molar-refractivity contribution in [2.24, 2.45) is 0 Å². The summed E-state index contributed by atoms with van der Waals surface area (Å²) < 4.78 is 0. The van der Waals surface area contributed by atoms with E-state index < -0.39 is 0 Å². The fourth-order valence-corrected chi connectivity index (χ4v) is 2.93. The quantitative estimate of drug-likeness (QED) is 0.780. The first-order chi connectivity index (χ1) is 10.3. The number of hydrogen-bond acceptors (Lipinski definition) is 2. The minimum absolute atomic E-state index is 0.423. The van der Waals surface area contributed by atoms with Crippen molar-refractivity contribution in [2.75, 3.05) is 11.5 Å². The standard InChI is InChI=1S/C20H28N2/c1-12(2)17-10-15(11-18(13(3)4)20(17)22)9-16-8-14(5)6-7-19(16)21/h6-8,10-13H,9,21-22H2,1-5H3. The predicted octanol–water partition coefficient (Wildman–Crippen LogP) is 5.00. The van der Waals surface area contributed by atoms with Crippen LogP contribution in [0, 0.1) is 6.92 Å². The lowest BCUT2D eigenvalue weighted by atomic mass is 9.88. The van der Waals surface area contributed by atoms with E-state index in [4.69, 9.17) is 11.5 Å². The van der Waals surface area contributed by atoms with Crippen LogP contribution in [0.4, 0.5) is 11.4 Å². The van der Waals surface area contributed by atoms with Gasteiger partial charge < -0.3 is 11.5 Å². The summed E-state index contributed by atoms with van der Waals surface area (Å²) in [6.45, 7) is 10.9. The van der Waals surface area contributed by atoms with E-state index in [9.17, 15) is 0 Å². The van der Waals surface area contributed by atoms with Crippen molar-refractivity contribution in [2.45, 2.75) is 52.9 Å². The van der Waals surface area contributed by atoms with Crippen LogP contribution in [0.15, 0.2) is 30.3 Å². The van der Waals surface area contributed by atoms with E-state index in [2.05, 4.69) is 58.9 Å². The van der Waals surface area contributed by atoms with E-state index in [0.29, 0.717) is 11.8 Å². The van der Waals surface area contributed by atoms with Crippen molar-refractivity contribution in [3.8, 4) is 0 Å². The van der Waals surface area contributed by atoms with Crippen LogP contribution >= 0.6 is 0 Å². The number of benzene rings is 2. The Bertz CT molecular complexity index is 640. The Morgan fingerprint density at radius 3 is 1.91 bits per heavy atom. The van der Waals surface area contributed by atoms with Crippen molar-refractivity contribution in [3.63, 3.8) is 0 Å². The largest absolute Gasteiger partial charge is 0.398 e. The first kappa shape index (κ1) is 16.4. The molecule has 0 saturated carbocycles. The summed E-state index contributed by atoms with van der Waals surface area (Å²) in [5.41, 5.74) is 20.5. The third kappa shape index (κ3) is 3.44. The van der Waals surface area contributed by atoms with Crippen LogP contribution in [-0.2, 0) is 6.42 Å². The molecule has 0 saturated heterocycles. The molecule has 22 heavy (non-hydrogen) atoms. The second kappa shape index (κ2) is 6.43. The molecule has 0 unspecified atom stereocenters. The minimum Gasteiger partial charge on any atom is -0.398 e. The summed E-state index contributed by atoms with van der Waals surface area (Å²) in [4.78, 5) is 0. The van der Waals surface area contributed by atoms with Gasteiger partial charge in [-0.1, -0.05) is 57.5 Å². The lowest BCUT2D eigenvalue weighted by Gasteiger charge is -2.19. The maximum absolute atomic E-state index is 6.38. The summed E-state index contributed by atoms with van der Waals surface area (Å²) in [7, 11) is 0. The Hall–Kier alpha value is -1.96. The second-order valence-electron chi connectivity index (χ2n) is 6.88. The number of aryl methyl sites for hydroxylation is 1. The Morgan fingerprint density at radius 1 is 0.864 bits per heavy atom. The van der Waals surface area contributed by atoms with Crippen molar-refractivity contribution in [1.29, 1.82) is 0 Å². The molecule has 0 heterocycles. The molecule has 0 atom stereocenters. The van der Waals surface area contributed by atoms with Gasteiger partial charge in [0, 0.05) is 11.4 Å². The third-order valence-electron chi connectivity index (χ3n) is 4.24. The summed E-state index contributed by atoms with van der Waals surface area (Å²) in [5, 5.41) is 0. The molecule has 0 aliphatic rings. The highest BCUT2D eigenvalue weighted by molar-refractivity contribution is 5.59. The summed E-state index contributed by atoms with van der Waals surface area (Å²) in [6, 6.07) is 10.7. The van der Waals surface area contributed by atoms with E-state index in [1.807, 2.05) is 6.07 Å². The van der Waals surface area contributed by atoms with Crippen LogP contribution in [0.3, 0.4) is 0 Å². The van der Waals surface area contributed by atoms with Crippen molar-refractivity contribution in [3.05, 3.63) is 58.1 Å². The van der Waals surface area contributed by atoms with Crippen LogP contribution < -0.4 is 11.5 Å². The molecule has 2 rings (SSSR count). The van der Waals surface area contributed by atoms with Gasteiger partial charge in [-0.2, -0.15) is 0 Å². The highest BCUT2D eigenvalue weighted by atomic mass is 14.6. The van der Waals surface area contributed by atoms with Gasteiger partial charge in [-0.15, -0.1) is 0 Å². The Kier molecular flexibility index (Phi) is 4.80. The molecule has 0 aliphatic heterocycles. The average molecular weight is 296 g/mol. The Balaban J connectivity index is 2.49. The smallest absolute Gasteiger partial charge is 0.0384 e. The van der Waals surface area contributed by atoms with Gasteiger partial charge in [0.2, 0.25) is 0 Å². The van der Waals surface area contributed by atoms with Crippen molar-refractivity contribution < 1.29 is 0 Å². The molecule has 0 radical (unpaired) electrons. The maximum atomic E-state index is 6.38. The van der Waals surface area contributed by atoms with Gasteiger partial charge in [-0.05, 0) is 53.5 Å². The molecule has 0 aliphatic carbocycles.